The summed E-state index contributed by atoms with van der Waals surface area (Å²) in [6.45, 7) is 0. The number of nitrogens with zero attached hydrogens (tertiary/aromatic N) is 2. The van der Waals surface area contributed by atoms with Gasteiger partial charge in [-0.1, -0.05) is 36.4 Å². The number of fused-ring (bicyclic) bond motifs is 1. The van der Waals surface area contributed by atoms with E-state index in [-0.39, 0.29) is 5.82 Å². The van der Waals surface area contributed by atoms with Gasteiger partial charge in [-0.05, 0) is 11.5 Å². The molecule has 2 aromatic carbocycles. The second-order valence-corrected chi connectivity index (χ2v) is 4.18. The fourth-order valence-electron chi connectivity index (χ4n) is 2.02. The van der Waals surface area contributed by atoms with Gasteiger partial charge in [0, 0.05) is 5.39 Å². The average Bonchev–Trinajstić information content (AvgIpc) is 2.48. The van der Waals surface area contributed by atoms with Crippen molar-refractivity contribution in [1.29, 1.82) is 0 Å². The Kier molecular flexibility index (Phi) is 3.09. The Balaban J connectivity index is 2.08. The van der Waals surface area contributed by atoms with E-state index in [1.807, 2.05) is 42.5 Å². The predicted octanol–water partition coefficient (Wildman–Crippen LogP) is 3.01. The van der Waals surface area contributed by atoms with Crippen molar-refractivity contribution in [2.24, 2.45) is 0 Å². The molecule has 1 aromatic heterocycles. The zero-order valence-electron chi connectivity index (χ0n) is 10.9. The molecule has 5 nitrogen and oxygen atoms in total. The summed E-state index contributed by atoms with van der Waals surface area (Å²) in [5, 5.41) is 2.08. The molecule has 0 amide bonds. The molecule has 3 rings (SSSR count). The van der Waals surface area contributed by atoms with Gasteiger partial charge in [0.2, 0.25) is 5.75 Å². The van der Waals surface area contributed by atoms with Crippen LogP contribution < -0.4 is 15.2 Å². The van der Waals surface area contributed by atoms with Crippen molar-refractivity contribution in [3.63, 3.8) is 0 Å². The van der Waals surface area contributed by atoms with Crippen LogP contribution in [0.15, 0.2) is 48.8 Å². The Morgan fingerprint density at radius 1 is 1.00 bits per heavy atom. The van der Waals surface area contributed by atoms with Gasteiger partial charge in [-0.15, -0.1) is 0 Å². The zero-order chi connectivity index (χ0) is 13.9. The third kappa shape index (κ3) is 2.09. The van der Waals surface area contributed by atoms with Crippen LogP contribution in [0.5, 0.6) is 17.4 Å². The van der Waals surface area contributed by atoms with Crippen molar-refractivity contribution in [3.8, 4) is 17.4 Å². The molecule has 0 spiro atoms. The van der Waals surface area contributed by atoms with Crippen molar-refractivity contribution >= 4 is 16.6 Å². The number of methoxy groups -OCH3 is 1. The van der Waals surface area contributed by atoms with E-state index in [4.69, 9.17) is 15.2 Å². The summed E-state index contributed by atoms with van der Waals surface area (Å²) < 4.78 is 11.0. The minimum absolute atomic E-state index is 0.248. The molecular formula is C15H13N3O2. The molecule has 0 fully saturated rings. The summed E-state index contributed by atoms with van der Waals surface area (Å²) in [6.07, 6.45) is 1.35. The summed E-state index contributed by atoms with van der Waals surface area (Å²) in [6, 6.07) is 13.8. The van der Waals surface area contributed by atoms with Crippen LogP contribution in [-0.2, 0) is 0 Å². The van der Waals surface area contributed by atoms with E-state index in [9.17, 15) is 0 Å². The first-order valence-electron chi connectivity index (χ1n) is 6.09. The highest BCUT2D eigenvalue weighted by Gasteiger charge is 2.13. The van der Waals surface area contributed by atoms with Gasteiger partial charge in [-0.25, -0.2) is 4.98 Å². The van der Waals surface area contributed by atoms with Crippen LogP contribution in [0, 0.1) is 0 Å². The van der Waals surface area contributed by atoms with Gasteiger partial charge < -0.3 is 15.2 Å². The van der Waals surface area contributed by atoms with Crippen molar-refractivity contribution in [1.82, 2.24) is 9.97 Å². The molecule has 0 aliphatic rings. The molecule has 0 atom stereocenters. The molecule has 3 aromatic rings. The second kappa shape index (κ2) is 5.05. The summed E-state index contributed by atoms with van der Waals surface area (Å²) in [5.41, 5.74) is 5.74. The molecule has 0 unspecified atom stereocenters. The van der Waals surface area contributed by atoms with Crippen LogP contribution in [-0.4, -0.2) is 17.1 Å². The second-order valence-electron chi connectivity index (χ2n) is 4.18. The molecule has 0 bridgehead atoms. The normalized spacial score (nSPS) is 10.4. The minimum Gasteiger partial charge on any atom is -0.489 e. The molecule has 0 aliphatic heterocycles. The van der Waals surface area contributed by atoms with Gasteiger partial charge in [0.15, 0.2) is 5.82 Å². The number of benzene rings is 2. The van der Waals surface area contributed by atoms with Gasteiger partial charge >= 0.3 is 0 Å². The molecule has 0 radical (unpaired) electrons. The molecule has 100 valence electrons. The summed E-state index contributed by atoms with van der Waals surface area (Å²) in [5.74, 6) is 1.58. The minimum atomic E-state index is 0.248. The Bertz CT molecular complexity index is 754. The van der Waals surface area contributed by atoms with Crippen molar-refractivity contribution in [2.45, 2.75) is 0 Å². The van der Waals surface area contributed by atoms with Gasteiger partial charge in [-0.2, -0.15) is 4.98 Å². The van der Waals surface area contributed by atoms with E-state index in [1.165, 1.54) is 13.4 Å². The number of rotatable bonds is 3. The topological polar surface area (TPSA) is 70.3 Å². The number of hydrogen-bond acceptors (Lipinski definition) is 5. The maximum atomic E-state index is 5.84. The SMILES string of the molecule is COc1c(N)ncnc1Oc1cccc2ccccc12. The van der Waals surface area contributed by atoms with E-state index in [0.29, 0.717) is 17.4 Å². The van der Waals surface area contributed by atoms with Gasteiger partial charge in [0.25, 0.3) is 5.88 Å². The Morgan fingerprint density at radius 2 is 1.80 bits per heavy atom. The lowest BCUT2D eigenvalue weighted by Crippen LogP contribution is -2.00. The standard InChI is InChI=1S/C15H13N3O2/c1-19-13-14(16)17-9-18-15(13)20-12-8-4-6-10-5-2-3-7-11(10)12/h2-9H,1H3,(H2,16,17,18). The molecule has 0 saturated heterocycles. The third-order valence-corrected chi connectivity index (χ3v) is 2.96. The maximum absolute atomic E-state index is 5.84. The first-order valence-corrected chi connectivity index (χ1v) is 6.09. The van der Waals surface area contributed by atoms with Crippen LogP contribution in [0.4, 0.5) is 5.82 Å². The van der Waals surface area contributed by atoms with Crippen LogP contribution >= 0.6 is 0 Å². The van der Waals surface area contributed by atoms with Crippen LogP contribution in [0.1, 0.15) is 0 Å². The maximum Gasteiger partial charge on any atom is 0.268 e. The van der Waals surface area contributed by atoms with Crippen molar-refractivity contribution in [3.05, 3.63) is 48.8 Å². The summed E-state index contributed by atoms with van der Waals surface area (Å²) in [4.78, 5) is 7.95. The van der Waals surface area contributed by atoms with Gasteiger partial charge in [0.1, 0.15) is 12.1 Å². The van der Waals surface area contributed by atoms with Crippen molar-refractivity contribution in [2.75, 3.05) is 12.8 Å². The molecule has 5 heteroatoms. The first kappa shape index (κ1) is 12.2. The van der Waals surface area contributed by atoms with E-state index in [0.717, 1.165) is 10.8 Å². The quantitative estimate of drug-likeness (QED) is 0.789. The number of ether oxygens (including phenoxy) is 2. The first-order chi connectivity index (χ1) is 9.79. The highest BCUT2D eigenvalue weighted by Crippen LogP contribution is 2.35. The average molecular weight is 267 g/mol. The number of nitrogen functional groups attached to an aromatic ring is 1. The number of hydrogen-bond donors (Lipinski definition) is 1. The fraction of sp³-hybridized carbons (Fsp3) is 0.0667. The predicted molar refractivity (Wildman–Crippen MR) is 77.0 cm³/mol. The van der Waals surface area contributed by atoms with Crippen LogP contribution in [0.25, 0.3) is 10.8 Å². The van der Waals surface area contributed by atoms with Crippen LogP contribution in [0.3, 0.4) is 0 Å². The Hall–Kier alpha value is -2.82. The third-order valence-electron chi connectivity index (χ3n) is 2.96. The molecule has 20 heavy (non-hydrogen) atoms. The molecule has 1 heterocycles. The van der Waals surface area contributed by atoms with E-state index in [1.54, 1.807) is 0 Å². The van der Waals surface area contributed by atoms with E-state index < -0.39 is 0 Å². The number of anilines is 1. The molecule has 2 N–H and O–H groups in total. The van der Waals surface area contributed by atoms with E-state index in [2.05, 4.69) is 9.97 Å². The van der Waals surface area contributed by atoms with Crippen LogP contribution in [0.2, 0.25) is 0 Å². The summed E-state index contributed by atoms with van der Waals surface area (Å²) >= 11 is 0. The van der Waals surface area contributed by atoms with E-state index >= 15 is 0 Å². The zero-order valence-corrected chi connectivity index (χ0v) is 10.9. The lowest BCUT2D eigenvalue weighted by atomic mass is 10.1. The number of aromatic nitrogens is 2. The highest BCUT2D eigenvalue weighted by molar-refractivity contribution is 5.88. The Morgan fingerprint density at radius 3 is 2.65 bits per heavy atom. The van der Waals surface area contributed by atoms with Crippen molar-refractivity contribution < 1.29 is 9.47 Å². The molecular weight excluding hydrogens is 254 g/mol. The number of nitrogens with two attached hydrogens (primary N) is 1. The lowest BCUT2D eigenvalue weighted by molar-refractivity contribution is 0.371. The van der Waals surface area contributed by atoms with Gasteiger partial charge in [-0.3, -0.25) is 0 Å². The fourth-order valence-corrected chi connectivity index (χ4v) is 2.02. The monoisotopic (exact) mass is 267 g/mol. The highest BCUT2D eigenvalue weighted by atomic mass is 16.5. The Labute approximate surface area is 116 Å². The largest absolute Gasteiger partial charge is 0.489 e. The molecule has 0 aliphatic carbocycles. The summed E-state index contributed by atoms with van der Waals surface area (Å²) in [7, 11) is 1.50. The lowest BCUT2D eigenvalue weighted by Gasteiger charge is -2.11. The smallest absolute Gasteiger partial charge is 0.268 e. The molecule has 0 saturated carbocycles. The van der Waals surface area contributed by atoms with Gasteiger partial charge in [0.05, 0.1) is 7.11 Å².